The lowest BCUT2D eigenvalue weighted by atomic mass is 9.85. The molecule has 244 valence electrons. The van der Waals surface area contributed by atoms with Gasteiger partial charge in [0.05, 0.1) is 6.10 Å². The number of likely N-dealkylation sites (tertiary alicyclic amines) is 1. The van der Waals surface area contributed by atoms with Crippen molar-refractivity contribution >= 4 is 45.4 Å². The second kappa shape index (κ2) is 17.9. The molecule has 1 saturated heterocycles. The summed E-state index contributed by atoms with van der Waals surface area (Å²) in [6.45, 7) is 6.03. The van der Waals surface area contributed by atoms with Crippen molar-refractivity contribution in [3.63, 3.8) is 0 Å². The molecular weight excluding hydrogens is 644 g/mol. The number of carbonyl (C=O) groups is 3. The number of alkyl halides is 1. The summed E-state index contributed by atoms with van der Waals surface area (Å²) < 4.78 is 5.52. The minimum Gasteiger partial charge on any atom is -0.442 e. The molecular formula is C33H49BrN4O5S. The normalized spacial score (nSPS) is 17.5. The lowest BCUT2D eigenvalue weighted by Crippen LogP contribution is -2.57. The number of carbonyl (C=O) groups excluding carboxylic acids is 3. The Morgan fingerprint density at radius 3 is 2.32 bits per heavy atom. The molecule has 3 unspecified atom stereocenters. The standard InChI is InChI=1S/C33H49BrN4O5S/c1-33(2,3)29(37-27(40)13-11-9-7-5-6-8-10-12-18-34)32(42)38-21-25(39)19-26(38)30(41)35-20-23-14-16-24(17-15-23)28-31(44-4)36-22-43-28/h14-17,22,25-26,29,39H,5-13,18-21H2,1-4H3,(H,35,41)(H,37,40). The lowest BCUT2D eigenvalue weighted by Gasteiger charge is -2.35. The van der Waals surface area contributed by atoms with Crippen LogP contribution in [0.3, 0.4) is 0 Å². The Morgan fingerprint density at radius 1 is 1.07 bits per heavy atom. The third kappa shape index (κ3) is 10.9. The van der Waals surface area contributed by atoms with Crippen LogP contribution in [0.5, 0.6) is 0 Å². The van der Waals surface area contributed by atoms with Crippen LogP contribution in [-0.4, -0.2) is 69.0 Å². The molecule has 1 aliphatic heterocycles. The SMILES string of the molecule is CSc1ncoc1-c1ccc(CNC(=O)C2CC(O)CN2C(=O)C(NC(=O)CCCCCCCCCCBr)C(C)(C)C)cc1. The van der Waals surface area contributed by atoms with Gasteiger partial charge in [-0.2, -0.15) is 0 Å². The number of amides is 3. The summed E-state index contributed by atoms with van der Waals surface area (Å²) in [6, 6.07) is 6.03. The van der Waals surface area contributed by atoms with Crippen LogP contribution >= 0.6 is 27.7 Å². The van der Waals surface area contributed by atoms with E-state index in [1.165, 1.54) is 55.2 Å². The topological polar surface area (TPSA) is 125 Å². The number of nitrogens with zero attached hydrogens (tertiary/aromatic N) is 2. The summed E-state index contributed by atoms with van der Waals surface area (Å²) in [4.78, 5) is 45.6. The van der Waals surface area contributed by atoms with Crippen molar-refractivity contribution in [3.05, 3.63) is 36.2 Å². The molecule has 11 heteroatoms. The molecule has 0 saturated carbocycles. The Balaban J connectivity index is 1.52. The number of benzene rings is 1. The highest BCUT2D eigenvalue weighted by Crippen LogP contribution is 2.29. The van der Waals surface area contributed by atoms with Crippen LogP contribution in [-0.2, 0) is 20.9 Å². The van der Waals surface area contributed by atoms with Gasteiger partial charge in [-0.1, -0.05) is 99.5 Å². The molecule has 0 spiro atoms. The van der Waals surface area contributed by atoms with Gasteiger partial charge in [0.2, 0.25) is 17.7 Å². The van der Waals surface area contributed by atoms with E-state index in [0.717, 1.165) is 40.7 Å². The van der Waals surface area contributed by atoms with E-state index in [-0.39, 0.29) is 37.2 Å². The molecule has 0 aliphatic carbocycles. The molecule has 1 aromatic heterocycles. The maximum Gasteiger partial charge on any atom is 0.246 e. The number of aliphatic hydroxyl groups excluding tert-OH is 1. The smallest absolute Gasteiger partial charge is 0.246 e. The maximum absolute atomic E-state index is 13.8. The molecule has 44 heavy (non-hydrogen) atoms. The fraction of sp³-hybridized carbons (Fsp3) is 0.636. The number of nitrogens with one attached hydrogen (secondary N) is 2. The number of oxazole rings is 1. The number of aromatic nitrogens is 1. The van der Waals surface area contributed by atoms with Crippen LogP contribution in [0, 0.1) is 5.41 Å². The molecule has 3 N–H and O–H groups in total. The first-order valence-electron chi connectivity index (χ1n) is 15.7. The van der Waals surface area contributed by atoms with Crippen LogP contribution in [0.25, 0.3) is 11.3 Å². The summed E-state index contributed by atoms with van der Waals surface area (Å²) in [5, 5.41) is 18.2. The Labute approximate surface area is 274 Å². The van der Waals surface area contributed by atoms with E-state index in [0.29, 0.717) is 12.2 Å². The number of hydrogen-bond acceptors (Lipinski definition) is 7. The van der Waals surface area contributed by atoms with E-state index in [1.807, 2.05) is 51.3 Å². The van der Waals surface area contributed by atoms with Crippen molar-refractivity contribution in [3.8, 4) is 11.3 Å². The first-order chi connectivity index (χ1) is 21.0. The van der Waals surface area contributed by atoms with Crippen LogP contribution in [0.2, 0.25) is 0 Å². The largest absolute Gasteiger partial charge is 0.442 e. The van der Waals surface area contributed by atoms with Gasteiger partial charge in [0.25, 0.3) is 0 Å². The van der Waals surface area contributed by atoms with E-state index >= 15 is 0 Å². The third-order valence-corrected chi connectivity index (χ3v) is 9.22. The van der Waals surface area contributed by atoms with Crippen molar-refractivity contribution < 1.29 is 23.9 Å². The Kier molecular flexibility index (Phi) is 14.7. The van der Waals surface area contributed by atoms with Gasteiger partial charge in [-0.05, 0) is 30.1 Å². The zero-order valence-corrected chi connectivity index (χ0v) is 29.0. The predicted molar refractivity (Wildman–Crippen MR) is 178 cm³/mol. The van der Waals surface area contributed by atoms with Crippen LogP contribution in [0.1, 0.15) is 90.5 Å². The Bertz CT molecular complexity index is 1200. The molecule has 1 fully saturated rings. The number of thioether (sulfide) groups is 1. The molecule has 0 radical (unpaired) electrons. The molecule has 3 atom stereocenters. The van der Waals surface area contributed by atoms with E-state index < -0.39 is 23.6 Å². The monoisotopic (exact) mass is 692 g/mol. The molecule has 1 aliphatic rings. The number of halogens is 1. The number of hydrogen-bond donors (Lipinski definition) is 3. The second-order valence-corrected chi connectivity index (χ2v) is 14.2. The van der Waals surface area contributed by atoms with Crippen molar-refractivity contribution in [1.29, 1.82) is 0 Å². The number of rotatable bonds is 17. The zero-order chi connectivity index (χ0) is 32.1. The quantitative estimate of drug-likeness (QED) is 0.104. The molecule has 1 aromatic carbocycles. The Morgan fingerprint density at radius 2 is 1.70 bits per heavy atom. The van der Waals surface area contributed by atoms with Crippen molar-refractivity contribution in [2.24, 2.45) is 5.41 Å². The molecule has 0 bridgehead atoms. The summed E-state index contributed by atoms with van der Waals surface area (Å²) in [7, 11) is 0. The molecule has 2 heterocycles. The van der Waals surface area contributed by atoms with Gasteiger partial charge in [-0.15, -0.1) is 11.8 Å². The highest BCUT2D eigenvalue weighted by atomic mass is 79.9. The first kappa shape index (κ1) is 36.1. The molecule has 3 amide bonds. The summed E-state index contributed by atoms with van der Waals surface area (Å²) in [5.41, 5.74) is 1.21. The average molecular weight is 694 g/mol. The van der Waals surface area contributed by atoms with Crippen LogP contribution < -0.4 is 10.6 Å². The van der Waals surface area contributed by atoms with Crippen molar-refractivity contribution in [2.45, 2.75) is 115 Å². The van der Waals surface area contributed by atoms with Gasteiger partial charge in [-0.25, -0.2) is 4.98 Å². The highest BCUT2D eigenvalue weighted by Gasteiger charge is 2.44. The maximum atomic E-state index is 13.8. The first-order valence-corrected chi connectivity index (χ1v) is 18.1. The summed E-state index contributed by atoms with van der Waals surface area (Å²) in [6.07, 6.45) is 12.1. The van der Waals surface area contributed by atoms with E-state index in [2.05, 4.69) is 31.5 Å². The summed E-state index contributed by atoms with van der Waals surface area (Å²) in [5.74, 6) is -0.124. The minimum absolute atomic E-state index is 0.0542. The predicted octanol–water partition coefficient (Wildman–Crippen LogP) is 6.08. The van der Waals surface area contributed by atoms with Gasteiger partial charge >= 0.3 is 0 Å². The van der Waals surface area contributed by atoms with Gasteiger partial charge in [0, 0.05) is 36.8 Å². The van der Waals surface area contributed by atoms with Gasteiger partial charge < -0.3 is 25.1 Å². The average Bonchev–Trinajstić information content (AvgIpc) is 3.64. The van der Waals surface area contributed by atoms with Gasteiger partial charge in [0.1, 0.15) is 17.1 Å². The van der Waals surface area contributed by atoms with Crippen LogP contribution in [0.4, 0.5) is 0 Å². The molecule has 3 rings (SSSR count). The van der Waals surface area contributed by atoms with Gasteiger partial charge in [0.15, 0.2) is 12.2 Å². The van der Waals surface area contributed by atoms with E-state index in [1.54, 1.807) is 0 Å². The Hall–Kier alpha value is -2.37. The van der Waals surface area contributed by atoms with Gasteiger partial charge in [-0.3, -0.25) is 14.4 Å². The fourth-order valence-electron chi connectivity index (χ4n) is 5.45. The van der Waals surface area contributed by atoms with E-state index in [4.69, 9.17) is 4.42 Å². The number of β-amino-alcohol motifs (C(OH)–C–C–N with tert-alkyl or cyclic N) is 1. The lowest BCUT2D eigenvalue weighted by molar-refractivity contribution is -0.144. The minimum atomic E-state index is -0.814. The number of aliphatic hydroxyl groups is 1. The third-order valence-electron chi connectivity index (χ3n) is 7.98. The summed E-state index contributed by atoms with van der Waals surface area (Å²) >= 11 is 4.97. The number of unbranched alkanes of at least 4 members (excludes halogenated alkanes) is 7. The second-order valence-electron chi connectivity index (χ2n) is 12.6. The molecule has 2 aromatic rings. The highest BCUT2D eigenvalue weighted by molar-refractivity contribution is 9.09. The van der Waals surface area contributed by atoms with Crippen molar-refractivity contribution in [2.75, 3.05) is 18.1 Å². The van der Waals surface area contributed by atoms with E-state index in [9.17, 15) is 19.5 Å². The zero-order valence-electron chi connectivity index (χ0n) is 26.6. The van der Waals surface area contributed by atoms with Crippen LogP contribution in [0.15, 0.2) is 40.1 Å². The molecule has 9 nitrogen and oxygen atoms in total. The fourth-order valence-corrected chi connectivity index (χ4v) is 6.34. The van der Waals surface area contributed by atoms with Crippen molar-refractivity contribution in [1.82, 2.24) is 20.5 Å².